The minimum absolute atomic E-state index is 0.0452. The number of benzene rings is 2. The number of amides is 1. The van der Waals surface area contributed by atoms with Crippen molar-refractivity contribution in [1.82, 2.24) is 25.0 Å². The molecule has 13 nitrogen and oxygen atoms in total. The Kier molecular flexibility index (Phi) is 6.73. The lowest BCUT2D eigenvalue weighted by molar-refractivity contribution is -0.122. The number of nitrogens with one attached hydrogen (secondary N) is 2. The molecule has 1 atom stereocenters. The van der Waals surface area contributed by atoms with Gasteiger partial charge in [-0.3, -0.25) is 4.79 Å². The van der Waals surface area contributed by atoms with Gasteiger partial charge in [0.15, 0.2) is 0 Å². The second-order valence-corrected chi connectivity index (χ2v) is 9.55. The number of carbonyl (C=O) groups is 2. The summed E-state index contributed by atoms with van der Waals surface area (Å²) in [5, 5.41) is 29.8. The van der Waals surface area contributed by atoms with Crippen molar-refractivity contribution in [2.45, 2.75) is 30.3 Å². The SMILES string of the molecule is Nc1ccc(S(=O)(=O)NCc2cn(CC(=O)N[C@H]3Cc4cccc(C(=O)O)c4OB3O)nn2)cc1. The molecule has 6 N–H and O–H groups in total. The first-order valence-corrected chi connectivity index (χ1v) is 11.8. The first-order chi connectivity index (χ1) is 16.6. The molecule has 2 heterocycles. The number of aromatic carboxylic acids is 1. The standard InChI is InChI=1S/C20H21BN6O7S/c22-13-4-6-15(7-5-13)35(32,33)23-9-14-10-27(26-25-14)11-18(28)24-17-8-12-2-1-3-16(20(29)30)19(12)34-21(17)31/h1-7,10,17,23,31H,8-9,11,22H2,(H,24,28)(H,29,30)/t17-/m0/s1. The summed E-state index contributed by atoms with van der Waals surface area (Å²) in [6.45, 7) is -0.394. The van der Waals surface area contributed by atoms with Crippen molar-refractivity contribution in [3.63, 3.8) is 0 Å². The highest BCUT2D eigenvalue weighted by Gasteiger charge is 2.37. The van der Waals surface area contributed by atoms with Crippen LogP contribution in [0.25, 0.3) is 0 Å². The largest absolute Gasteiger partial charge is 0.547 e. The van der Waals surface area contributed by atoms with Gasteiger partial charge in [0, 0.05) is 5.69 Å². The van der Waals surface area contributed by atoms with Crippen LogP contribution >= 0.6 is 0 Å². The number of hydrogen-bond donors (Lipinski definition) is 5. The van der Waals surface area contributed by atoms with E-state index in [1.165, 1.54) is 41.2 Å². The van der Waals surface area contributed by atoms with Crippen LogP contribution in [-0.2, 0) is 34.3 Å². The van der Waals surface area contributed by atoms with Crippen molar-refractivity contribution in [1.29, 1.82) is 0 Å². The molecule has 0 aliphatic carbocycles. The Bertz CT molecular complexity index is 1360. The van der Waals surface area contributed by atoms with Crippen LogP contribution in [0.5, 0.6) is 5.75 Å². The number of nitrogens with zero attached hydrogens (tertiary/aromatic N) is 3. The van der Waals surface area contributed by atoms with Gasteiger partial charge in [0.2, 0.25) is 15.9 Å². The Balaban J connectivity index is 1.33. The summed E-state index contributed by atoms with van der Waals surface area (Å²) in [4.78, 5) is 23.9. The lowest BCUT2D eigenvalue weighted by Gasteiger charge is -2.28. The lowest BCUT2D eigenvalue weighted by Crippen LogP contribution is -2.53. The number of carbonyl (C=O) groups excluding carboxylic acids is 1. The van der Waals surface area contributed by atoms with Gasteiger partial charge in [0.05, 0.1) is 34.8 Å². The van der Waals surface area contributed by atoms with Crippen LogP contribution in [-0.4, -0.2) is 58.5 Å². The van der Waals surface area contributed by atoms with Gasteiger partial charge < -0.3 is 25.8 Å². The third-order valence-corrected chi connectivity index (χ3v) is 6.64. The van der Waals surface area contributed by atoms with Gasteiger partial charge in [-0.15, -0.1) is 5.10 Å². The Morgan fingerprint density at radius 2 is 1.97 bits per heavy atom. The van der Waals surface area contributed by atoms with Gasteiger partial charge >= 0.3 is 13.1 Å². The molecule has 0 fully saturated rings. The summed E-state index contributed by atoms with van der Waals surface area (Å²) in [6.07, 6.45) is 1.58. The molecule has 1 amide bonds. The molecule has 0 saturated carbocycles. The van der Waals surface area contributed by atoms with E-state index in [2.05, 4.69) is 20.4 Å². The van der Waals surface area contributed by atoms with Crippen LogP contribution in [0, 0.1) is 0 Å². The van der Waals surface area contributed by atoms with E-state index in [4.69, 9.17) is 10.4 Å². The average molecular weight is 500 g/mol. The van der Waals surface area contributed by atoms with Crippen LogP contribution in [0.3, 0.4) is 0 Å². The van der Waals surface area contributed by atoms with Crippen LogP contribution in [0.1, 0.15) is 21.6 Å². The molecule has 0 unspecified atom stereocenters. The normalized spacial score (nSPS) is 15.2. The average Bonchev–Trinajstić information content (AvgIpc) is 3.25. The highest BCUT2D eigenvalue weighted by atomic mass is 32.2. The number of hydrogen-bond acceptors (Lipinski definition) is 9. The zero-order valence-electron chi connectivity index (χ0n) is 18.2. The Morgan fingerprint density at radius 3 is 2.69 bits per heavy atom. The van der Waals surface area contributed by atoms with E-state index < -0.39 is 35.0 Å². The molecule has 15 heteroatoms. The number of nitrogens with two attached hydrogens (primary N) is 1. The third kappa shape index (κ3) is 5.59. The first-order valence-electron chi connectivity index (χ1n) is 10.4. The van der Waals surface area contributed by atoms with E-state index in [0.29, 0.717) is 11.3 Å². The first kappa shape index (κ1) is 24.2. The van der Waals surface area contributed by atoms with Gasteiger partial charge in [-0.25, -0.2) is 22.6 Å². The van der Waals surface area contributed by atoms with Crippen molar-refractivity contribution in [3.05, 3.63) is 65.5 Å². The molecule has 0 radical (unpaired) electrons. The number of rotatable bonds is 8. The van der Waals surface area contributed by atoms with Crippen molar-refractivity contribution >= 4 is 34.7 Å². The number of fused-ring (bicyclic) bond motifs is 1. The highest BCUT2D eigenvalue weighted by molar-refractivity contribution is 7.89. The van der Waals surface area contributed by atoms with E-state index in [-0.39, 0.29) is 41.4 Å². The predicted octanol–water partition coefficient (Wildman–Crippen LogP) is -0.823. The minimum atomic E-state index is -3.79. The van der Waals surface area contributed by atoms with E-state index >= 15 is 0 Å². The molecule has 1 aliphatic rings. The van der Waals surface area contributed by atoms with Crippen LogP contribution in [0.2, 0.25) is 0 Å². The molecular weight excluding hydrogens is 479 g/mol. The minimum Gasteiger partial charge on any atom is -0.534 e. The summed E-state index contributed by atoms with van der Waals surface area (Å²) in [5.41, 5.74) is 6.76. The van der Waals surface area contributed by atoms with E-state index in [9.17, 15) is 28.1 Å². The number of aromatic nitrogens is 3. The monoisotopic (exact) mass is 500 g/mol. The molecule has 4 rings (SSSR count). The summed E-state index contributed by atoms with van der Waals surface area (Å²) in [7, 11) is -5.23. The summed E-state index contributed by atoms with van der Waals surface area (Å²) < 4.78 is 33.7. The number of sulfonamides is 1. The number of carboxylic acid groups (broad SMARTS) is 1. The molecule has 0 saturated heterocycles. The summed E-state index contributed by atoms with van der Waals surface area (Å²) in [5.74, 6) is -2.43. The van der Waals surface area contributed by atoms with Crippen LogP contribution in [0.15, 0.2) is 53.6 Å². The van der Waals surface area contributed by atoms with Crippen molar-refractivity contribution in [3.8, 4) is 5.75 Å². The number of carboxylic acids is 1. The molecule has 2 aromatic carbocycles. The zero-order valence-corrected chi connectivity index (χ0v) is 19.0. The van der Waals surface area contributed by atoms with E-state index in [1.54, 1.807) is 12.1 Å². The highest BCUT2D eigenvalue weighted by Crippen LogP contribution is 2.30. The second kappa shape index (κ2) is 9.73. The van der Waals surface area contributed by atoms with Crippen LogP contribution in [0.4, 0.5) is 5.69 Å². The molecule has 35 heavy (non-hydrogen) atoms. The number of para-hydroxylation sites is 1. The van der Waals surface area contributed by atoms with Crippen LogP contribution < -0.4 is 20.4 Å². The van der Waals surface area contributed by atoms with Gasteiger partial charge in [-0.1, -0.05) is 17.3 Å². The topological polar surface area (TPSA) is 199 Å². The Morgan fingerprint density at radius 1 is 1.23 bits per heavy atom. The fraction of sp³-hybridized carbons (Fsp3) is 0.200. The van der Waals surface area contributed by atoms with Crippen molar-refractivity contribution in [2.75, 3.05) is 5.73 Å². The maximum absolute atomic E-state index is 12.5. The summed E-state index contributed by atoms with van der Waals surface area (Å²) in [6, 6.07) is 10.3. The molecular formula is C20H21BN6O7S. The zero-order chi connectivity index (χ0) is 25.2. The van der Waals surface area contributed by atoms with Crippen molar-refractivity contribution < 1.29 is 32.8 Å². The molecule has 0 spiro atoms. The number of anilines is 1. The lowest BCUT2D eigenvalue weighted by atomic mass is 9.72. The molecule has 1 aliphatic heterocycles. The smallest absolute Gasteiger partial charge is 0.534 e. The Labute approximate surface area is 200 Å². The molecule has 0 bridgehead atoms. The maximum atomic E-state index is 12.5. The fourth-order valence-electron chi connectivity index (χ4n) is 3.51. The van der Waals surface area contributed by atoms with Gasteiger partial charge in [-0.05, 0) is 42.3 Å². The number of nitrogen functional groups attached to an aromatic ring is 1. The fourth-order valence-corrected chi connectivity index (χ4v) is 4.51. The molecule has 3 aromatic rings. The summed E-state index contributed by atoms with van der Waals surface area (Å²) >= 11 is 0. The Hall–Kier alpha value is -3.95. The van der Waals surface area contributed by atoms with E-state index in [0.717, 1.165) is 0 Å². The van der Waals surface area contributed by atoms with Gasteiger partial charge in [-0.2, -0.15) is 0 Å². The van der Waals surface area contributed by atoms with E-state index in [1.807, 2.05) is 0 Å². The molecule has 182 valence electrons. The maximum Gasteiger partial charge on any atom is 0.547 e. The van der Waals surface area contributed by atoms with Crippen molar-refractivity contribution in [2.24, 2.45) is 0 Å². The molecule has 1 aromatic heterocycles. The van der Waals surface area contributed by atoms with Gasteiger partial charge in [0.25, 0.3) is 0 Å². The second-order valence-electron chi connectivity index (χ2n) is 7.79. The van der Waals surface area contributed by atoms with Gasteiger partial charge in [0.1, 0.15) is 12.3 Å². The predicted molar refractivity (Wildman–Crippen MR) is 123 cm³/mol. The third-order valence-electron chi connectivity index (χ3n) is 5.22. The quantitative estimate of drug-likeness (QED) is 0.192.